The number of carbonyl (C=O) groups is 1. The Morgan fingerprint density at radius 1 is 1.26 bits per heavy atom. The second-order valence-electron chi connectivity index (χ2n) is 4.64. The molecule has 104 valence electrons. The van der Waals surface area contributed by atoms with Crippen LogP contribution in [0.2, 0.25) is 0 Å². The Balaban J connectivity index is 0.00000180. The van der Waals surface area contributed by atoms with Gasteiger partial charge in [0.15, 0.2) is 0 Å². The number of carboxylic acids is 1. The summed E-state index contributed by atoms with van der Waals surface area (Å²) >= 11 is 0. The first-order chi connectivity index (χ1) is 8.75. The van der Waals surface area contributed by atoms with E-state index in [-0.39, 0.29) is 18.8 Å². The van der Waals surface area contributed by atoms with Gasteiger partial charge in [-0.1, -0.05) is 36.4 Å². The summed E-state index contributed by atoms with van der Waals surface area (Å²) in [7, 11) is 0. The number of hydrogen-bond acceptors (Lipinski definition) is 2. The molecule has 1 heterocycles. The van der Waals surface area contributed by atoms with Gasteiger partial charge in [0.1, 0.15) is 0 Å². The van der Waals surface area contributed by atoms with Gasteiger partial charge in [-0.2, -0.15) is 0 Å². The molecule has 4 heteroatoms. The molecule has 0 aromatic heterocycles. The van der Waals surface area contributed by atoms with Gasteiger partial charge in [0.25, 0.3) is 0 Å². The summed E-state index contributed by atoms with van der Waals surface area (Å²) in [5.74, 6) is -0.701. The van der Waals surface area contributed by atoms with Gasteiger partial charge in [0, 0.05) is 19.5 Å². The summed E-state index contributed by atoms with van der Waals surface area (Å²) < 4.78 is 0. The molecule has 19 heavy (non-hydrogen) atoms. The molecule has 1 aromatic carbocycles. The Morgan fingerprint density at radius 2 is 2.00 bits per heavy atom. The highest BCUT2D eigenvalue weighted by atomic mass is 35.5. The lowest BCUT2D eigenvalue weighted by Crippen LogP contribution is -3.00. The summed E-state index contributed by atoms with van der Waals surface area (Å²) in [6.45, 7) is 2.84. The lowest BCUT2D eigenvalue weighted by atomic mass is 9.99. The predicted molar refractivity (Wildman–Crippen MR) is 72.3 cm³/mol. The first-order valence-corrected chi connectivity index (χ1v) is 6.44. The van der Waals surface area contributed by atoms with Crippen LogP contribution < -0.4 is 12.4 Å². The van der Waals surface area contributed by atoms with E-state index in [4.69, 9.17) is 5.11 Å². The molecule has 0 amide bonds. The van der Waals surface area contributed by atoms with Crippen LogP contribution >= 0.6 is 0 Å². The highest BCUT2D eigenvalue weighted by Crippen LogP contribution is 2.21. The Kier molecular flexibility index (Phi) is 6.60. The Bertz CT molecular complexity index is 431. The van der Waals surface area contributed by atoms with E-state index in [9.17, 15) is 4.79 Å². The molecule has 0 unspecified atom stereocenters. The molecule has 0 radical (unpaired) electrons. The van der Waals surface area contributed by atoms with Crippen LogP contribution in [-0.2, 0) is 4.79 Å². The van der Waals surface area contributed by atoms with E-state index in [1.54, 1.807) is 0 Å². The largest absolute Gasteiger partial charge is 1.00 e. The molecule has 1 aliphatic heterocycles. The van der Waals surface area contributed by atoms with Crippen molar-refractivity contribution >= 4 is 11.5 Å². The fraction of sp³-hybridized carbons (Fsp3) is 0.400. The summed E-state index contributed by atoms with van der Waals surface area (Å²) in [6.07, 6.45) is 4.33. The smallest absolute Gasteiger partial charge is 0.303 e. The molecule has 0 spiro atoms. The number of aliphatic carboxylic acids is 1. The van der Waals surface area contributed by atoms with Crippen molar-refractivity contribution in [2.45, 2.75) is 19.3 Å². The Labute approximate surface area is 120 Å². The molecule has 0 saturated carbocycles. The minimum absolute atomic E-state index is 0. The van der Waals surface area contributed by atoms with Gasteiger partial charge in [-0.05, 0) is 30.5 Å². The second kappa shape index (κ2) is 7.97. The summed E-state index contributed by atoms with van der Waals surface area (Å²) in [5, 5.41) is 8.60. The van der Waals surface area contributed by atoms with Crippen molar-refractivity contribution in [1.29, 1.82) is 0 Å². The molecular weight excluding hydrogens is 262 g/mol. The monoisotopic (exact) mass is 280 g/mol. The fourth-order valence-electron chi connectivity index (χ4n) is 2.28. The van der Waals surface area contributed by atoms with Crippen LogP contribution in [-0.4, -0.2) is 35.6 Å². The van der Waals surface area contributed by atoms with Gasteiger partial charge in [-0.3, -0.25) is 9.69 Å². The predicted octanol–water partition coefficient (Wildman–Crippen LogP) is -0.355. The number of carboxylic acid groups (broad SMARTS) is 1. The van der Waals surface area contributed by atoms with Gasteiger partial charge in [-0.15, -0.1) is 0 Å². The molecule has 0 atom stereocenters. The average Bonchev–Trinajstić information content (AvgIpc) is 2.40. The quantitative estimate of drug-likeness (QED) is 0.801. The van der Waals surface area contributed by atoms with Crippen LogP contribution in [0.4, 0.5) is 0 Å². The van der Waals surface area contributed by atoms with Crippen LogP contribution in [0, 0.1) is 0 Å². The molecule has 0 saturated heterocycles. The van der Waals surface area contributed by atoms with E-state index < -0.39 is 5.97 Å². The van der Waals surface area contributed by atoms with E-state index >= 15 is 0 Å². The molecule has 0 bridgehead atoms. The highest BCUT2D eigenvalue weighted by Gasteiger charge is 2.12. The van der Waals surface area contributed by atoms with E-state index in [0.29, 0.717) is 0 Å². The average molecular weight is 281 g/mol. The standard InChI is InChI=1S/C15H19NO2.ClH/c17-15(18)7-4-10-16-11-8-14(9-12-16)13-5-2-1-3-6-13;/h1-3,5-6,8H,4,7,9-12H2,(H,17,18);1H/p-1. The zero-order valence-corrected chi connectivity index (χ0v) is 11.6. The highest BCUT2D eigenvalue weighted by molar-refractivity contribution is 5.67. The maximum Gasteiger partial charge on any atom is 0.303 e. The molecule has 1 N–H and O–H groups in total. The van der Waals surface area contributed by atoms with Gasteiger partial charge in [0.2, 0.25) is 0 Å². The summed E-state index contributed by atoms with van der Waals surface area (Å²) in [6, 6.07) is 10.5. The third-order valence-electron chi connectivity index (χ3n) is 3.30. The van der Waals surface area contributed by atoms with E-state index in [1.165, 1.54) is 11.1 Å². The number of halogens is 1. The lowest BCUT2D eigenvalue weighted by Gasteiger charge is -2.26. The first-order valence-electron chi connectivity index (χ1n) is 6.44. The molecule has 2 rings (SSSR count). The van der Waals surface area contributed by atoms with Crippen molar-refractivity contribution in [2.24, 2.45) is 0 Å². The third-order valence-corrected chi connectivity index (χ3v) is 3.30. The summed E-state index contributed by atoms with van der Waals surface area (Å²) in [5.41, 5.74) is 2.72. The van der Waals surface area contributed by atoms with Gasteiger partial charge < -0.3 is 17.5 Å². The minimum Gasteiger partial charge on any atom is -1.00 e. The normalized spacial score (nSPS) is 15.5. The van der Waals surface area contributed by atoms with Crippen molar-refractivity contribution in [1.82, 2.24) is 4.90 Å². The topological polar surface area (TPSA) is 40.5 Å². The molecule has 3 nitrogen and oxygen atoms in total. The van der Waals surface area contributed by atoms with Crippen LogP contribution in [0.3, 0.4) is 0 Å². The van der Waals surface area contributed by atoms with E-state index in [1.807, 2.05) is 6.07 Å². The SMILES string of the molecule is O=C(O)CCCN1CC=C(c2ccccc2)CC1.[Cl-]. The zero-order valence-electron chi connectivity index (χ0n) is 10.9. The second-order valence-corrected chi connectivity index (χ2v) is 4.64. The summed E-state index contributed by atoms with van der Waals surface area (Å²) in [4.78, 5) is 12.8. The van der Waals surface area contributed by atoms with Gasteiger partial charge >= 0.3 is 5.97 Å². The van der Waals surface area contributed by atoms with Crippen LogP contribution in [0.5, 0.6) is 0 Å². The van der Waals surface area contributed by atoms with Crippen molar-refractivity contribution < 1.29 is 22.3 Å². The Hall–Kier alpha value is -1.32. The number of benzene rings is 1. The maximum atomic E-state index is 10.4. The van der Waals surface area contributed by atoms with Crippen molar-refractivity contribution in [3.63, 3.8) is 0 Å². The third kappa shape index (κ3) is 5.05. The number of hydrogen-bond donors (Lipinski definition) is 1. The van der Waals surface area contributed by atoms with E-state index in [0.717, 1.165) is 32.5 Å². The van der Waals surface area contributed by atoms with Crippen LogP contribution in [0.25, 0.3) is 5.57 Å². The lowest BCUT2D eigenvalue weighted by molar-refractivity contribution is -0.137. The van der Waals surface area contributed by atoms with Crippen LogP contribution in [0.15, 0.2) is 36.4 Å². The molecular formula is C15H19ClNO2-. The van der Waals surface area contributed by atoms with Gasteiger partial charge in [-0.25, -0.2) is 0 Å². The van der Waals surface area contributed by atoms with Crippen molar-refractivity contribution in [2.75, 3.05) is 19.6 Å². The molecule has 1 aliphatic rings. The maximum absolute atomic E-state index is 10.4. The van der Waals surface area contributed by atoms with Crippen molar-refractivity contribution in [3.05, 3.63) is 42.0 Å². The molecule has 0 aliphatic carbocycles. The number of nitrogens with zero attached hydrogens (tertiary/aromatic N) is 1. The molecule has 0 fully saturated rings. The van der Waals surface area contributed by atoms with Crippen molar-refractivity contribution in [3.8, 4) is 0 Å². The Morgan fingerprint density at radius 3 is 2.58 bits per heavy atom. The first kappa shape index (κ1) is 15.7. The zero-order chi connectivity index (χ0) is 12.8. The number of rotatable bonds is 5. The molecule has 1 aromatic rings. The van der Waals surface area contributed by atoms with E-state index in [2.05, 4.69) is 35.2 Å². The van der Waals surface area contributed by atoms with Gasteiger partial charge in [0.05, 0.1) is 0 Å². The fourth-order valence-corrected chi connectivity index (χ4v) is 2.28. The minimum atomic E-state index is -0.701. The van der Waals surface area contributed by atoms with Crippen LogP contribution in [0.1, 0.15) is 24.8 Å².